The van der Waals surface area contributed by atoms with Crippen LogP contribution in [0, 0.1) is 33.6 Å². The van der Waals surface area contributed by atoms with Gasteiger partial charge in [-0.1, -0.05) is 45.2 Å². The monoisotopic (exact) mass is 420 g/mol. The summed E-state index contributed by atoms with van der Waals surface area (Å²) >= 11 is 0. The third kappa shape index (κ3) is 6.98. The Bertz CT molecular complexity index is 867. The summed E-state index contributed by atoms with van der Waals surface area (Å²) < 4.78 is 6.10. The number of ketones is 1. The summed E-state index contributed by atoms with van der Waals surface area (Å²) in [5, 5.41) is 1.06. The largest absolute Gasteiger partial charge is 1.00 e. The van der Waals surface area contributed by atoms with Gasteiger partial charge < -0.3 is 6.16 Å². The van der Waals surface area contributed by atoms with Crippen molar-refractivity contribution in [2.24, 2.45) is 5.92 Å². The Kier molecular flexibility index (Phi) is 11.4. The van der Waals surface area contributed by atoms with E-state index in [4.69, 9.17) is 4.74 Å². The number of hydrogen-bond donors (Lipinski definition) is 0. The summed E-state index contributed by atoms with van der Waals surface area (Å²) in [6.07, 6.45) is 5.22. The van der Waals surface area contributed by atoms with Gasteiger partial charge in [-0.3, -0.25) is 4.79 Å². The van der Waals surface area contributed by atoms with Crippen molar-refractivity contribution in [2.75, 3.05) is 6.61 Å². The summed E-state index contributed by atoms with van der Waals surface area (Å²) in [7, 11) is 2.76. The van der Waals surface area contributed by atoms with Crippen molar-refractivity contribution in [1.29, 1.82) is 0 Å². The van der Waals surface area contributed by atoms with Crippen LogP contribution < -0.4 is 28.9 Å². The van der Waals surface area contributed by atoms with Crippen LogP contribution in [0.5, 0.6) is 5.75 Å². The minimum Gasteiger partial charge on any atom is -1.00 e. The molecule has 0 fully saturated rings. The van der Waals surface area contributed by atoms with E-state index in [0.29, 0.717) is 12.3 Å². The molecule has 0 aliphatic heterocycles. The van der Waals surface area contributed by atoms with Crippen molar-refractivity contribution >= 4 is 20.3 Å². The molecular weight excluding hydrogens is 382 g/mol. The molecule has 0 amide bonds. The molecule has 2 unspecified atom stereocenters. The Morgan fingerprint density at radius 1 is 1.07 bits per heavy atom. The van der Waals surface area contributed by atoms with Crippen molar-refractivity contribution in [2.45, 2.75) is 73.6 Å². The molecule has 0 N–H and O–H groups in total. The van der Waals surface area contributed by atoms with E-state index in [0.717, 1.165) is 46.3 Å². The normalized spacial score (nSPS) is 11.7. The van der Waals surface area contributed by atoms with E-state index in [9.17, 15) is 4.79 Å². The summed E-state index contributed by atoms with van der Waals surface area (Å²) in [5.74, 6) is 1.64. The molecule has 2 rings (SSSR count). The van der Waals surface area contributed by atoms with Crippen LogP contribution in [0.1, 0.15) is 79.1 Å². The first-order valence-corrected chi connectivity index (χ1v) is 11.5. The first kappa shape index (κ1) is 27.0. The average molecular weight is 421 g/mol. The second-order valence-electron chi connectivity index (χ2n) is 8.32. The van der Waals surface area contributed by atoms with Crippen LogP contribution in [0.25, 0.3) is 0 Å². The van der Waals surface area contributed by atoms with Gasteiger partial charge in [-0.05, 0) is 85.3 Å². The third-order valence-electron chi connectivity index (χ3n) is 6.13. The van der Waals surface area contributed by atoms with Gasteiger partial charge in [0, 0.05) is 12.0 Å². The quantitative estimate of drug-likeness (QED) is 0.334. The second kappa shape index (κ2) is 12.7. The molecule has 0 heterocycles. The number of carbonyl (C=O) groups excluding carboxylic acids is 1. The number of Topliss-reactive ketones (excluding diaryl/α,β-unsaturated/α-hetero) is 1. The van der Waals surface area contributed by atoms with E-state index in [1.54, 1.807) is 0 Å². The van der Waals surface area contributed by atoms with E-state index < -0.39 is 0 Å². The minimum atomic E-state index is 0. The zero-order valence-electron chi connectivity index (χ0n) is 21.0. The second-order valence-corrected chi connectivity index (χ2v) is 8.95. The summed E-state index contributed by atoms with van der Waals surface area (Å²) in [5.41, 5.74) is 6.51. The number of aryl methyl sites for hydroxylation is 2. The molecule has 30 heavy (non-hydrogen) atoms. The number of rotatable bonds is 10. The van der Waals surface area contributed by atoms with Crippen LogP contribution in [0.15, 0.2) is 24.3 Å². The zero-order valence-corrected chi connectivity index (χ0v) is 21.2. The molecule has 0 aliphatic carbocycles. The van der Waals surface area contributed by atoms with Gasteiger partial charge in [0.1, 0.15) is 5.75 Å². The van der Waals surface area contributed by atoms with Crippen molar-refractivity contribution in [3.05, 3.63) is 57.6 Å². The summed E-state index contributed by atoms with van der Waals surface area (Å²) in [4.78, 5) is 13.2. The Labute approximate surface area is 199 Å². The van der Waals surface area contributed by atoms with Gasteiger partial charge in [0.05, 0.1) is 6.61 Å². The fourth-order valence-corrected chi connectivity index (χ4v) is 4.19. The van der Waals surface area contributed by atoms with E-state index in [2.05, 4.69) is 49.9 Å². The molecule has 2 aromatic carbocycles. The molecule has 0 aromatic heterocycles. The topological polar surface area (TPSA) is 26.3 Å². The fourth-order valence-electron chi connectivity index (χ4n) is 3.91. The summed E-state index contributed by atoms with van der Waals surface area (Å²) in [6, 6.07) is 8.21. The molecule has 2 aromatic rings. The molecule has 0 radical (unpaired) electrons. The average Bonchev–Trinajstić information content (AvgIpc) is 2.68. The van der Waals surface area contributed by atoms with E-state index in [1.807, 2.05) is 25.1 Å². The fraction of sp³-hybridized carbons (Fsp3) is 0.500. The number of benzene rings is 2. The molecule has 0 saturated heterocycles. The van der Waals surface area contributed by atoms with Crippen LogP contribution in [-0.2, 0) is 6.42 Å². The van der Waals surface area contributed by atoms with Gasteiger partial charge in [-0.25, -0.2) is 0 Å². The van der Waals surface area contributed by atoms with Gasteiger partial charge in [-0.2, -0.15) is 0 Å². The molecule has 0 saturated carbocycles. The van der Waals surface area contributed by atoms with Gasteiger partial charge in [0.15, 0.2) is 5.78 Å². The van der Waals surface area contributed by atoms with Gasteiger partial charge in [0.2, 0.25) is 0 Å². The SMILES string of the molecule is CCCCC(CC)COc1ccc(P)c(CC(=O)c2c(C)cc(C)c(C)c2C)c1.[H-].[Li+]. The molecular formula is C26H38LiO2P. The van der Waals surface area contributed by atoms with Crippen LogP contribution in [-0.4, -0.2) is 12.4 Å². The van der Waals surface area contributed by atoms with E-state index in [-0.39, 0.29) is 26.1 Å². The molecule has 4 heteroatoms. The van der Waals surface area contributed by atoms with Crippen LogP contribution in [0.3, 0.4) is 0 Å². The zero-order chi connectivity index (χ0) is 21.6. The maximum atomic E-state index is 13.2. The molecule has 160 valence electrons. The van der Waals surface area contributed by atoms with E-state index in [1.165, 1.54) is 30.4 Å². The minimum absolute atomic E-state index is 0. The van der Waals surface area contributed by atoms with Crippen LogP contribution in [0.4, 0.5) is 0 Å². The van der Waals surface area contributed by atoms with Crippen LogP contribution >= 0.6 is 9.24 Å². The molecule has 0 aliphatic rings. The number of carbonyl (C=O) groups is 1. The maximum absolute atomic E-state index is 13.2. The maximum Gasteiger partial charge on any atom is 1.00 e. The van der Waals surface area contributed by atoms with Crippen molar-refractivity contribution < 1.29 is 29.8 Å². The van der Waals surface area contributed by atoms with Gasteiger partial charge in [0.25, 0.3) is 0 Å². The Balaban J connectivity index is 0.00000450. The number of ether oxygens (including phenoxy) is 1. The predicted octanol–water partition coefficient (Wildman–Crippen LogP) is 3.56. The Morgan fingerprint density at radius 3 is 2.40 bits per heavy atom. The predicted molar refractivity (Wildman–Crippen MR) is 129 cm³/mol. The first-order valence-electron chi connectivity index (χ1n) is 10.9. The molecule has 2 nitrogen and oxygen atoms in total. The molecule has 0 bridgehead atoms. The number of unbranched alkanes of at least 4 members (excludes halogenated alkanes) is 1. The number of hydrogen-bond acceptors (Lipinski definition) is 2. The smallest absolute Gasteiger partial charge is 1.00 e. The van der Waals surface area contributed by atoms with Crippen molar-refractivity contribution in [3.8, 4) is 5.75 Å². The molecule has 2 atom stereocenters. The van der Waals surface area contributed by atoms with Gasteiger partial charge in [-0.15, -0.1) is 9.24 Å². The third-order valence-corrected chi connectivity index (χ3v) is 6.69. The van der Waals surface area contributed by atoms with Crippen molar-refractivity contribution in [3.63, 3.8) is 0 Å². The van der Waals surface area contributed by atoms with E-state index >= 15 is 0 Å². The van der Waals surface area contributed by atoms with Crippen LogP contribution in [0.2, 0.25) is 0 Å². The Hall–Kier alpha value is -1.06. The standard InChI is InChI=1S/C26H37O2P.Li.H/c1-7-9-10-21(8-2)16-28-23-11-12-25(29)22(14-23)15-24(27)26-18(4)13-17(3)19(5)20(26)6;;/h11-14,21H,7-10,15-16,29H2,1-6H3;;/q;+1;-1. The van der Waals surface area contributed by atoms with Gasteiger partial charge >= 0.3 is 18.9 Å². The van der Waals surface area contributed by atoms with Crippen molar-refractivity contribution in [1.82, 2.24) is 0 Å². The first-order chi connectivity index (χ1) is 13.8. The Morgan fingerprint density at radius 2 is 1.77 bits per heavy atom. The summed E-state index contributed by atoms with van der Waals surface area (Å²) in [6.45, 7) is 13.5. The molecule has 0 spiro atoms.